The van der Waals surface area contributed by atoms with Gasteiger partial charge in [0.15, 0.2) is 0 Å². The number of halogens is 1. The first kappa shape index (κ1) is 18.7. The van der Waals surface area contributed by atoms with Gasteiger partial charge in [-0.15, -0.1) is 0 Å². The van der Waals surface area contributed by atoms with E-state index in [1.807, 2.05) is 29.2 Å². The molecule has 4 rings (SSSR count). The van der Waals surface area contributed by atoms with Crippen molar-refractivity contribution in [3.05, 3.63) is 65.1 Å². The predicted molar refractivity (Wildman–Crippen MR) is 110 cm³/mol. The molecule has 144 valence electrons. The highest BCUT2D eigenvalue weighted by atomic mass is 35.5. The number of amides is 1. The first-order valence-corrected chi connectivity index (χ1v) is 9.87. The molecule has 0 radical (unpaired) electrons. The van der Waals surface area contributed by atoms with Crippen LogP contribution in [0.5, 0.6) is 5.75 Å². The van der Waals surface area contributed by atoms with Gasteiger partial charge in [-0.1, -0.05) is 24.4 Å². The first-order chi connectivity index (χ1) is 13.7. The fourth-order valence-electron chi connectivity index (χ4n) is 3.84. The number of ether oxygens (including phenoxy) is 1. The number of carbonyl (C=O) groups excluding carboxylic acids is 1. The number of hydrogen-bond donors (Lipinski definition) is 0. The maximum absolute atomic E-state index is 13.2. The molecule has 0 unspecified atom stereocenters. The summed E-state index contributed by atoms with van der Waals surface area (Å²) in [5.41, 5.74) is 2.30. The van der Waals surface area contributed by atoms with Gasteiger partial charge in [0.1, 0.15) is 10.9 Å². The molecule has 0 saturated heterocycles. The Morgan fingerprint density at radius 1 is 1.18 bits per heavy atom. The average Bonchev–Trinajstić information content (AvgIpc) is 3.26. The Morgan fingerprint density at radius 2 is 1.93 bits per heavy atom. The van der Waals surface area contributed by atoms with Gasteiger partial charge >= 0.3 is 0 Å². The number of nitrogens with zero attached hydrogens (tertiary/aromatic N) is 3. The van der Waals surface area contributed by atoms with Crippen molar-refractivity contribution in [1.82, 2.24) is 14.9 Å². The van der Waals surface area contributed by atoms with Crippen molar-refractivity contribution in [3.8, 4) is 5.75 Å². The number of benzene rings is 1. The fraction of sp³-hybridized carbons (Fsp3) is 0.318. The van der Waals surface area contributed by atoms with Gasteiger partial charge in [-0.3, -0.25) is 9.78 Å². The van der Waals surface area contributed by atoms with E-state index >= 15 is 0 Å². The molecule has 0 bridgehead atoms. The average molecular weight is 396 g/mol. The Balaban J connectivity index is 1.69. The van der Waals surface area contributed by atoms with Crippen LogP contribution in [0, 0.1) is 0 Å². The molecule has 0 N–H and O–H groups in total. The highest BCUT2D eigenvalue weighted by molar-refractivity contribution is 6.30. The van der Waals surface area contributed by atoms with E-state index < -0.39 is 0 Å². The molecular weight excluding hydrogens is 374 g/mol. The number of fused-ring (bicyclic) bond motifs is 1. The molecule has 1 aromatic carbocycles. The third-order valence-electron chi connectivity index (χ3n) is 5.34. The lowest BCUT2D eigenvalue weighted by Gasteiger charge is -2.29. The molecule has 1 aliphatic carbocycles. The lowest BCUT2D eigenvalue weighted by molar-refractivity contribution is 0.0664. The zero-order valence-corrected chi connectivity index (χ0v) is 16.5. The highest BCUT2D eigenvalue weighted by Gasteiger charge is 2.28. The Kier molecular flexibility index (Phi) is 5.44. The van der Waals surface area contributed by atoms with Crippen molar-refractivity contribution in [2.45, 2.75) is 38.3 Å². The minimum Gasteiger partial charge on any atom is -0.497 e. The highest BCUT2D eigenvalue weighted by Crippen LogP contribution is 2.30. The molecule has 0 atom stereocenters. The van der Waals surface area contributed by atoms with Crippen LogP contribution in [0.25, 0.3) is 10.9 Å². The first-order valence-electron chi connectivity index (χ1n) is 9.50. The Morgan fingerprint density at radius 3 is 2.64 bits per heavy atom. The minimum atomic E-state index is 0.0103. The van der Waals surface area contributed by atoms with E-state index in [-0.39, 0.29) is 11.9 Å². The van der Waals surface area contributed by atoms with Crippen molar-refractivity contribution in [1.29, 1.82) is 0 Å². The van der Waals surface area contributed by atoms with Crippen molar-refractivity contribution in [2.75, 3.05) is 7.11 Å². The Labute approximate surface area is 169 Å². The predicted octanol–water partition coefficient (Wildman–Crippen LogP) is 4.88. The second-order valence-electron chi connectivity index (χ2n) is 7.10. The molecule has 0 spiro atoms. The van der Waals surface area contributed by atoms with E-state index in [9.17, 15) is 4.79 Å². The van der Waals surface area contributed by atoms with Crippen molar-refractivity contribution in [2.24, 2.45) is 0 Å². The van der Waals surface area contributed by atoms with E-state index in [4.69, 9.17) is 16.3 Å². The second kappa shape index (κ2) is 8.15. The van der Waals surface area contributed by atoms with Crippen LogP contribution in [0.3, 0.4) is 0 Å². The SMILES string of the molecule is COc1ccc2nc(Cl)c(CN(C(=O)c3ccncc3)C3CCCC3)cc2c1. The lowest BCUT2D eigenvalue weighted by atomic mass is 10.1. The van der Waals surface area contributed by atoms with Gasteiger partial charge in [-0.05, 0) is 49.2 Å². The van der Waals surface area contributed by atoms with E-state index in [0.29, 0.717) is 17.3 Å². The molecular formula is C22H22ClN3O2. The third-order valence-corrected chi connectivity index (χ3v) is 5.67. The van der Waals surface area contributed by atoms with Crippen molar-refractivity contribution in [3.63, 3.8) is 0 Å². The minimum absolute atomic E-state index is 0.0103. The molecule has 1 fully saturated rings. The number of pyridine rings is 2. The van der Waals surface area contributed by atoms with Crippen molar-refractivity contribution < 1.29 is 9.53 Å². The molecule has 2 heterocycles. The number of aromatic nitrogens is 2. The Bertz CT molecular complexity index is 988. The number of hydrogen-bond acceptors (Lipinski definition) is 4. The summed E-state index contributed by atoms with van der Waals surface area (Å²) in [5.74, 6) is 0.777. The molecule has 3 aromatic rings. The summed E-state index contributed by atoms with van der Waals surface area (Å²) < 4.78 is 5.32. The van der Waals surface area contributed by atoms with E-state index in [0.717, 1.165) is 47.9 Å². The summed E-state index contributed by atoms with van der Waals surface area (Å²) in [6.07, 6.45) is 7.62. The van der Waals surface area contributed by atoms with Crippen LogP contribution in [-0.4, -0.2) is 33.9 Å². The normalized spacial score (nSPS) is 14.4. The van der Waals surface area contributed by atoms with Crippen LogP contribution in [0.1, 0.15) is 41.6 Å². The molecule has 6 heteroatoms. The summed E-state index contributed by atoms with van der Waals surface area (Å²) in [4.78, 5) is 23.7. The number of carbonyl (C=O) groups is 1. The smallest absolute Gasteiger partial charge is 0.254 e. The zero-order chi connectivity index (χ0) is 19.5. The van der Waals surface area contributed by atoms with Gasteiger partial charge in [0, 0.05) is 41.5 Å². The van der Waals surface area contributed by atoms with Crippen LogP contribution in [0.15, 0.2) is 48.8 Å². The van der Waals surface area contributed by atoms with Gasteiger partial charge in [0.25, 0.3) is 5.91 Å². The third kappa shape index (κ3) is 3.80. The number of rotatable bonds is 5. The topological polar surface area (TPSA) is 55.3 Å². The van der Waals surface area contributed by atoms with E-state index in [1.54, 1.807) is 31.6 Å². The van der Waals surface area contributed by atoms with Crippen LogP contribution in [0.4, 0.5) is 0 Å². The summed E-state index contributed by atoms with van der Waals surface area (Å²) in [7, 11) is 1.64. The lowest BCUT2D eigenvalue weighted by Crippen LogP contribution is -2.38. The summed E-state index contributed by atoms with van der Waals surface area (Å²) >= 11 is 6.49. The van der Waals surface area contributed by atoms with Crippen LogP contribution in [-0.2, 0) is 6.54 Å². The fourth-order valence-corrected chi connectivity index (χ4v) is 4.04. The van der Waals surface area contributed by atoms with E-state index in [1.165, 1.54) is 0 Å². The number of methoxy groups -OCH3 is 1. The quantitative estimate of drug-likeness (QED) is 0.578. The molecule has 0 aliphatic heterocycles. The molecule has 2 aromatic heterocycles. The van der Waals surface area contributed by atoms with Crippen LogP contribution < -0.4 is 4.74 Å². The molecule has 28 heavy (non-hydrogen) atoms. The summed E-state index contributed by atoms with van der Waals surface area (Å²) in [5, 5.41) is 1.38. The maximum atomic E-state index is 13.2. The van der Waals surface area contributed by atoms with Gasteiger partial charge in [0.2, 0.25) is 0 Å². The zero-order valence-electron chi connectivity index (χ0n) is 15.8. The van der Waals surface area contributed by atoms with Crippen LogP contribution in [0.2, 0.25) is 5.15 Å². The van der Waals surface area contributed by atoms with Gasteiger partial charge < -0.3 is 9.64 Å². The van der Waals surface area contributed by atoms with Gasteiger partial charge in [-0.2, -0.15) is 0 Å². The van der Waals surface area contributed by atoms with Gasteiger partial charge in [0.05, 0.1) is 12.6 Å². The summed E-state index contributed by atoms with van der Waals surface area (Å²) in [6.45, 7) is 0.435. The van der Waals surface area contributed by atoms with Crippen LogP contribution >= 0.6 is 11.6 Å². The summed E-state index contributed by atoms with van der Waals surface area (Å²) in [6, 6.07) is 11.4. The monoisotopic (exact) mass is 395 g/mol. The van der Waals surface area contributed by atoms with E-state index in [2.05, 4.69) is 9.97 Å². The van der Waals surface area contributed by atoms with Crippen molar-refractivity contribution >= 4 is 28.4 Å². The largest absolute Gasteiger partial charge is 0.497 e. The molecule has 1 aliphatic rings. The van der Waals surface area contributed by atoms with Gasteiger partial charge in [-0.25, -0.2) is 4.98 Å². The second-order valence-corrected chi connectivity index (χ2v) is 7.46. The molecule has 1 amide bonds. The molecule has 1 saturated carbocycles. The maximum Gasteiger partial charge on any atom is 0.254 e. The Hall–Kier alpha value is -2.66. The molecule has 5 nitrogen and oxygen atoms in total. The standard InChI is InChI=1S/C22H22ClN3O2/c1-28-19-6-7-20-16(13-19)12-17(21(23)25-20)14-26(18-4-2-3-5-18)22(27)15-8-10-24-11-9-15/h6-13,18H,2-5,14H2,1H3.